The Morgan fingerprint density at radius 2 is 2.05 bits per heavy atom. The molecule has 3 rings (SSSR count). The van der Waals surface area contributed by atoms with Gasteiger partial charge in [-0.2, -0.15) is 0 Å². The van der Waals surface area contributed by atoms with Crippen LogP contribution in [0.3, 0.4) is 0 Å². The lowest BCUT2D eigenvalue weighted by Gasteiger charge is -2.30. The van der Waals surface area contributed by atoms with Gasteiger partial charge in [-0.05, 0) is 37.9 Å². The molecule has 0 bridgehead atoms. The van der Waals surface area contributed by atoms with E-state index in [0.29, 0.717) is 6.04 Å². The second-order valence-electron chi connectivity index (χ2n) is 5.69. The fourth-order valence-electron chi connectivity index (χ4n) is 2.89. The Morgan fingerprint density at radius 1 is 1.19 bits per heavy atom. The summed E-state index contributed by atoms with van der Waals surface area (Å²) < 4.78 is 0. The van der Waals surface area contributed by atoms with E-state index in [1.807, 2.05) is 24.3 Å². The van der Waals surface area contributed by atoms with Gasteiger partial charge in [0.05, 0.1) is 5.52 Å². The first-order valence-corrected chi connectivity index (χ1v) is 7.94. The zero-order valence-corrected chi connectivity index (χ0v) is 12.6. The molecule has 1 saturated heterocycles. The van der Waals surface area contributed by atoms with Crippen LogP contribution in [0.25, 0.3) is 11.0 Å². The Hall–Kier alpha value is -1.75. The van der Waals surface area contributed by atoms with Crippen molar-refractivity contribution < 1.29 is 0 Å². The monoisotopic (exact) mass is 285 g/mol. The van der Waals surface area contributed by atoms with E-state index in [9.17, 15) is 0 Å². The van der Waals surface area contributed by atoms with Crippen molar-refractivity contribution >= 4 is 17.0 Å². The van der Waals surface area contributed by atoms with Gasteiger partial charge in [0.15, 0.2) is 0 Å². The van der Waals surface area contributed by atoms with Gasteiger partial charge in [-0.1, -0.05) is 25.5 Å². The van der Waals surface area contributed by atoms with Crippen molar-refractivity contribution in [2.45, 2.75) is 38.6 Å². The lowest BCUT2D eigenvalue weighted by atomic mass is 10.0. The fourth-order valence-corrected chi connectivity index (χ4v) is 2.89. The first kappa shape index (κ1) is 14.2. The van der Waals surface area contributed by atoms with E-state index >= 15 is 0 Å². The molecule has 0 radical (unpaired) electrons. The number of nitrogens with zero attached hydrogens (tertiary/aromatic N) is 4. The molecule has 1 N–H and O–H groups in total. The highest BCUT2D eigenvalue weighted by molar-refractivity contribution is 5.74. The quantitative estimate of drug-likeness (QED) is 0.914. The van der Waals surface area contributed by atoms with Crippen LogP contribution in [0.4, 0.5) is 5.95 Å². The van der Waals surface area contributed by atoms with Crippen molar-refractivity contribution in [2.24, 2.45) is 0 Å². The average molecular weight is 285 g/mol. The number of hydrogen-bond acceptors (Lipinski definition) is 5. The van der Waals surface area contributed by atoms with Crippen LogP contribution in [-0.4, -0.2) is 40.9 Å². The molecule has 1 atom stereocenters. The van der Waals surface area contributed by atoms with Crippen molar-refractivity contribution in [3.63, 3.8) is 0 Å². The summed E-state index contributed by atoms with van der Waals surface area (Å²) in [7, 11) is 0. The van der Waals surface area contributed by atoms with Gasteiger partial charge in [-0.3, -0.25) is 0 Å². The van der Waals surface area contributed by atoms with Crippen molar-refractivity contribution in [2.75, 3.05) is 24.5 Å². The van der Waals surface area contributed by atoms with Crippen LogP contribution < -0.4 is 10.2 Å². The van der Waals surface area contributed by atoms with E-state index in [-0.39, 0.29) is 0 Å². The molecule has 21 heavy (non-hydrogen) atoms. The summed E-state index contributed by atoms with van der Waals surface area (Å²) >= 11 is 0. The largest absolute Gasteiger partial charge is 0.338 e. The molecule has 0 saturated carbocycles. The normalized spacial score (nSPS) is 18.8. The van der Waals surface area contributed by atoms with Crippen LogP contribution in [0.15, 0.2) is 24.3 Å². The van der Waals surface area contributed by atoms with Crippen LogP contribution in [0.1, 0.15) is 32.6 Å². The Bertz CT molecular complexity index is 580. The molecule has 0 amide bonds. The van der Waals surface area contributed by atoms with Crippen LogP contribution in [0.2, 0.25) is 0 Å². The molecule has 5 heteroatoms. The summed E-state index contributed by atoms with van der Waals surface area (Å²) in [5.74, 6) is 0.753. The van der Waals surface area contributed by atoms with Crippen molar-refractivity contribution in [1.82, 2.24) is 20.5 Å². The number of piperidine rings is 1. The van der Waals surface area contributed by atoms with E-state index in [1.54, 1.807) is 0 Å². The summed E-state index contributed by atoms with van der Waals surface area (Å²) in [4.78, 5) is 6.95. The van der Waals surface area contributed by atoms with Gasteiger partial charge in [-0.15, -0.1) is 10.2 Å². The number of para-hydroxylation sites is 1. The van der Waals surface area contributed by atoms with Gasteiger partial charge < -0.3 is 10.2 Å². The minimum Gasteiger partial charge on any atom is -0.338 e. The fraction of sp³-hybridized carbons (Fsp3) is 0.562. The highest BCUT2D eigenvalue weighted by atomic mass is 15.3. The summed E-state index contributed by atoms with van der Waals surface area (Å²) in [5.41, 5.74) is 1.77. The van der Waals surface area contributed by atoms with Crippen LogP contribution in [0.5, 0.6) is 0 Å². The molecule has 5 nitrogen and oxygen atoms in total. The van der Waals surface area contributed by atoms with E-state index in [2.05, 4.69) is 32.3 Å². The SMILES string of the molecule is CCCN(CC1CCCCN1)c1nnc2ccccc2n1. The minimum absolute atomic E-state index is 0.542. The number of hydrogen-bond donors (Lipinski definition) is 1. The van der Waals surface area contributed by atoms with Crippen molar-refractivity contribution in [3.8, 4) is 0 Å². The summed E-state index contributed by atoms with van der Waals surface area (Å²) in [6.45, 7) is 5.25. The molecule has 2 aromatic rings. The van der Waals surface area contributed by atoms with Gasteiger partial charge in [0, 0.05) is 19.1 Å². The second kappa shape index (κ2) is 6.80. The highest BCUT2D eigenvalue weighted by Crippen LogP contribution is 2.15. The number of benzene rings is 1. The zero-order valence-electron chi connectivity index (χ0n) is 12.6. The van der Waals surface area contributed by atoms with Crippen LogP contribution in [-0.2, 0) is 0 Å². The molecule has 1 unspecified atom stereocenters. The molecular formula is C16H23N5. The van der Waals surface area contributed by atoms with E-state index in [0.717, 1.165) is 43.0 Å². The Morgan fingerprint density at radius 3 is 2.81 bits per heavy atom. The highest BCUT2D eigenvalue weighted by Gasteiger charge is 2.18. The van der Waals surface area contributed by atoms with Crippen molar-refractivity contribution in [1.29, 1.82) is 0 Å². The summed E-state index contributed by atoms with van der Waals surface area (Å²) in [6, 6.07) is 8.45. The van der Waals surface area contributed by atoms with Crippen molar-refractivity contribution in [3.05, 3.63) is 24.3 Å². The van der Waals surface area contributed by atoms with Gasteiger partial charge >= 0.3 is 0 Å². The molecule has 1 fully saturated rings. The van der Waals surface area contributed by atoms with E-state index in [1.165, 1.54) is 19.3 Å². The maximum Gasteiger partial charge on any atom is 0.245 e. The molecule has 112 valence electrons. The topological polar surface area (TPSA) is 53.9 Å². The third kappa shape index (κ3) is 3.47. The summed E-state index contributed by atoms with van der Waals surface area (Å²) in [6.07, 6.45) is 4.93. The third-order valence-electron chi connectivity index (χ3n) is 3.98. The molecule has 0 aliphatic carbocycles. The second-order valence-corrected chi connectivity index (χ2v) is 5.69. The number of anilines is 1. The lowest BCUT2D eigenvalue weighted by Crippen LogP contribution is -2.44. The first-order valence-electron chi connectivity index (χ1n) is 7.94. The van der Waals surface area contributed by atoms with Gasteiger partial charge in [0.25, 0.3) is 0 Å². The van der Waals surface area contributed by atoms with E-state index < -0.39 is 0 Å². The number of nitrogens with one attached hydrogen (secondary N) is 1. The molecule has 1 aliphatic heterocycles. The third-order valence-corrected chi connectivity index (χ3v) is 3.98. The first-order chi connectivity index (χ1) is 10.4. The maximum absolute atomic E-state index is 4.68. The predicted molar refractivity (Wildman–Crippen MR) is 85.5 cm³/mol. The summed E-state index contributed by atoms with van der Waals surface area (Å²) in [5, 5.41) is 12.2. The smallest absolute Gasteiger partial charge is 0.245 e. The zero-order chi connectivity index (χ0) is 14.5. The van der Waals surface area contributed by atoms with Gasteiger partial charge in [0.1, 0.15) is 5.52 Å². The molecule has 1 aromatic heterocycles. The molecular weight excluding hydrogens is 262 g/mol. The predicted octanol–water partition coefficient (Wildman–Crippen LogP) is 2.38. The molecule has 0 spiro atoms. The van der Waals surface area contributed by atoms with Gasteiger partial charge in [0.2, 0.25) is 5.95 Å². The molecule has 1 aliphatic rings. The Kier molecular flexibility index (Phi) is 4.60. The molecule has 1 aromatic carbocycles. The minimum atomic E-state index is 0.542. The maximum atomic E-state index is 4.68. The Balaban J connectivity index is 1.80. The van der Waals surface area contributed by atoms with Crippen LogP contribution >= 0.6 is 0 Å². The number of rotatable bonds is 5. The number of aromatic nitrogens is 3. The molecule has 2 heterocycles. The Labute approximate surface area is 125 Å². The number of fused-ring (bicyclic) bond motifs is 1. The average Bonchev–Trinajstić information content (AvgIpc) is 2.55. The van der Waals surface area contributed by atoms with Gasteiger partial charge in [-0.25, -0.2) is 4.98 Å². The van der Waals surface area contributed by atoms with Crippen LogP contribution in [0, 0.1) is 0 Å². The lowest BCUT2D eigenvalue weighted by molar-refractivity contribution is 0.397. The standard InChI is InChI=1S/C16H23N5/c1-2-11-21(12-13-7-5-6-10-17-13)16-18-14-8-3-4-9-15(14)19-20-16/h3-4,8-9,13,17H,2,5-7,10-12H2,1H3. The van der Waals surface area contributed by atoms with E-state index in [4.69, 9.17) is 0 Å².